The van der Waals surface area contributed by atoms with Crippen molar-refractivity contribution in [1.82, 2.24) is 25.2 Å². The zero-order chi connectivity index (χ0) is 21.8. The molecule has 0 saturated carbocycles. The molecule has 1 N–H and O–H groups in total. The predicted molar refractivity (Wildman–Crippen MR) is 109 cm³/mol. The van der Waals surface area contributed by atoms with Gasteiger partial charge in [0.2, 0.25) is 0 Å². The number of amides is 1. The maximum atomic E-state index is 12.3. The van der Waals surface area contributed by atoms with Crippen molar-refractivity contribution in [1.29, 1.82) is 0 Å². The molecule has 3 aromatic rings. The molecular formula is C20H22ClN5O4. The van der Waals surface area contributed by atoms with Crippen molar-refractivity contribution in [3.8, 4) is 0 Å². The summed E-state index contributed by atoms with van der Waals surface area (Å²) in [5, 5.41) is 11.4. The third kappa shape index (κ3) is 4.68. The number of ether oxygens (including phenoxy) is 1. The van der Waals surface area contributed by atoms with Crippen molar-refractivity contribution >= 4 is 23.5 Å². The van der Waals surface area contributed by atoms with E-state index in [1.165, 1.54) is 7.11 Å². The van der Waals surface area contributed by atoms with E-state index in [1.54, 1.807) is 18.2 Å². The van der Waals surface area contributed by atoms with Crippen LogP contribution in [0.2, 0.25) is 5.02 Å². The van der Waals surface area contributed by atoms with E-state index in [2.05, 4.69) is 20.6 Å². The van der Waals surface area contributed by atoms with Crippen LogP contribution in [0, 0.1) is 13.8 Å². The van der Waals surface area contributed by atoms with Crippen molar-refractivity contribution in [2.45, 2.75) is 26.7 Å². The molecule has 0 saturated heterocycles. The largest absolute Gasteiger partial charge is 0.465 e. The second-order valence-corrected chi connectivity index (χ2v) is 7.18. The number of carbonyl (C=O) groups excluding carboxylic acids is 2. The van der Waals surface area contributed by atoms with Gasteiger partial charge in [-0.15, -0.1) is 0 Å². The Bertz CT molecular complexity index is 1090. The number of aromatic nitrogens is 4. The number of benzene rings is 1. The number of halogens is 1. The number of hydrogen-bond donors (Lipinski definition) is 1. The number of hydrogen-bond acceptors (Lipinski definition) is 7. The fourth-order valence-electron chi connectivity index (χ4n) is 3.10. The van der Waals surface area contributed by atoms with E-state index in [1.807, 2.05) is 25.6 Å². The van der Waals surface area contributed by atoms with E-state index in [0.717, 1.165) is 17.0 Å². The highest BCUT2D eigenvalue weighted by Crippen LogP contribution is 2.21. The first kappa shape index (κ1) is 21.5. The van der Waals surface area contributed by atoms with Crippen LogP contribution in [0.1, 0.15) is 49.4 Å². The molecule has 0 bridgehead atoms. The van der Waals surface area contributed by atoms with Crippen LogP contribution in [0.4, 0.5) is 0 Å². The van der Waals surface area contributed by atoms with Gasteiger partial charge in [0.25, 0.3) is 0 Å². The lowest BCUT2D eigenvalue weighted by atomic mass is 10.1. The standard InChI is InChI=1S/C20H22ClN5O4/c1-11-15(12(2)26(3)24-11)7-8-22-18(27)19-23-17(25-30-19)10-14-9-13(20(28)29-4)5-6-16(14)21/h5-6,9H,7-8,10H2,1-4H3,(H,22,27). The zero-order valence-electron chi connectivity index (χ0n) is 17.2. The Hall–Kier alpha value is -3.20. The Morgan fingerprint density at radius 2 is 2.07 bits per heavy atom. The highest BCUT2D eigenvalue weighted by Gasteiger charge is 2.17. The predicted octanol–water partition coefficient (Wildman–Crippen LogP) is 2.42. The normalized spacial score (nSPS) is 10.8. The van der Waals surface area contributed by atoms with Crippen LogP contribution in [-0.4, -0.2) is 45.5 Å². The Kier molecular flexibility index (Phi) is 6.51. The van der Waals surface area contributed by atoms with Gasteiger partial charge in [-0.3, -0.25) is 9.48 Å². The van der Waals surface area contributed by atoms with Crippen LogP contribution in [0.3, 0.4) is 0 Å². The zero-order valence-corrected chi connectivity index (χ0v) is 17.9. The van der Waals surface area contributed by atoms with E-state index in [-0.39, 0.29) is 18.1 Å². The lowest BCUT2D eigenvalue weighted by Crippen LogP contribution is -2.26. The monoisotopic (exact) mass is 431 g/mol. The summed E-state index contributed by atoms with van der Waals surface area (Å²) in [5.41, 5.74) is 4.08. The van der Waals surface area contributed by atoms with Crippen molar-refractivity contribution in [2.75, 3.05) is 13.7 Å². The maximum absolute atomic E-state index is 12.3. The van der Waals surface area contributed by atoms with E-state index in [4.69, 9.17) is 20.9 Å². The first-order valence-electron chi connectivity index (χ1n) is 9.26. The van der Waals surface area contributed by atoms with Gasteiger partial charge in [0.05, 0.1) is 18.4 Å². The van der Waals surface area contributed by atoms with Crippen molar-refractivity contribution in [3.05, 3.63) is 63.0 Å². The molecule has 10 heteroatoms. The summed E-state index contributed by atoms with van der Waals surface area (Å²) >= 11 is 6.19. The van der Waals surface area contributed by atoms with Crippen molar-refractivity contribution in [3.63, 3.8) is 0 Å². The van der Waals surface area contributed by atoms with E-state index in [9.17, 15) is 9.59 Å². The number of nitrogens with one attached hydrogen (secondary N) is 1. The Morgan fingerprint density at radius 3 is 2.73 bits per heavy atom. The van der Waals surface area contributed by atoms with E-state index < -0.39 is 11.9 Å². The van der Waals surface area contributed by atoms with Gasteiger partial charge in [0.15, 0.2) is 5.82 Å². The van der Waals surface area contributed by atoms with Crippen LogP contribution in [0.5, 0.6) is 0 Å². The first-order valence-corrected chi connectivity index (χ1v) is 9.64. The summed E-state index contributed by atoms with van der Waals surface area (Å²) in [7, 11) is 3.19. The molecule has 30 heavy (non-hydrogen) atoms. The lowest BCUT2D eigenvalue weighted by Gasteiger charge is -2.04. The first-order chi connectivity index (χ1) is 14.3. The Labute approximate surface area is 178 Å². The van der Waals surface area contributed by atoms with Gasteiger partial charge in [0, 0.05) is 30.7 Å². The summed E-state index contributed by atoms with van der Waals surface area (Å²) in [6, 6.07) is 4.76. The van der Waals surface area contributed by atoms with Gasteiger partial charge in [-0.2, -0.15) is 10.1 Å². The number of rotatable bonds is 7. The van der Waals surface area contributed by atoms with Crippen LogP contribution in [0.15, 0.2) is 22.7 Å². The van der Waals surface area contributed by atoms with Gasteiger partial charge in [0.1, 0.15) is 0 Å². The molecule has 158 valence electrons. The summed E-state index contributed by atoms with van der Waals surface area (Å²) < 4.78 is 11.6. The second kappa shape index (κ2) is 9.08. The third-order valence-electron chi connectivity index (χ3n) is 4.80. The molecule has 9 nitrogen and oxygen atoms in total. The van der Waals surface area contributed by atoms with Crippen LogP contribution in [0.25, 0.3) is 0 Å². The van der Waals surface area contributed by atoms with Gasteiger partial charge in [-0.05, 0) is 49.6 Å². The summed E-state index contributed by atoms with van der Waals surface area (Å²) in [6.45, 7) is 4.34. The van der Waals surface area contributed by atoms with E-state index in [0.29, 0.717) is 29.1 Å². The molecule has 3 rings (SSSR count). The molecule has 1 aromatic carbocycles. The summed E-state index contributed by atoms with van der Waals surface area (Å²) in [5.74, 6) is -0.782. The summed E-state index contributed by atoms with van der Waals surface area (Å²) in [6.07, 6.45) is 0.850. The number of methoxy groups -OCH3 is 1. The lowest BCUT2D eigenvalue weighted by molar-refractivity contribution is 0.0600. The van der Waals surface area contributed by atoms with Crippen LogP contribution in [-0.2, 0) is 24.6 Å². The number of esters is 1. The number of carbonyl (C=O) groups is 2. The highest BCUT2D eigenvalue weighted by molar-refractivity contribution is 6.31. The molecule has 2 heterocycles. The van der Waals surface area contributed by atoms with Crippen LogP contribution < -0.4 is 5.32 Å². The van der Waals surface area contributed by atoms with Crippen LogP contribution >= 0.6 is 11.6 Å². The molecule has 0 aliphatic heterocycles. The second-order valence-electron chi connectivity index (χ2n) is 6.77. The van der Waals surface area contributed by atoms with E-state index >= 15 is 0 Å². The summed E-state index contributed by atoms with van der Waals surface area (Å²) in [4.78, 5) is 28.1. The Balaban J connectivity index is 1.62. The van der Waals surface area contributed by atoms with Gasteiger partial charge >= 0.3 is 17.8 Å². The fraction of sp³-hybridized carbons (Fsp3) is 0.350. The molecule has 0 spiro atoms. The molecule has 0 radical (unpaired) electrons. The number of nitrogens with zero attached hydrogens (tertiary/aromatic N) is 4. The maximum Gasteiger partial charge on any atom is 0.337 e. The molecule has 0 aliphatic rings. The van der Waals surface area contributed by atoms with Gasteiger partial charge in [-0.1, -0.05) is 16.8 Å². The molecular weight excluding hydrogens is 410 g/mol. The van der Waals surface area contributed by atoms with Crippen molar-refractivity contribution < 1.29 is 18.8 Å². The molecule has 1 amide bonds. The molecule has 0 aliphatic carbocycles. The SMILES string of the molecule is COC(=O)c1ccc(Cl)c(Cc2noc(C(=O)NCCc3c(C)nn(C)c3C)n2)c1. The molecule has 0 fully saturated rings. The highest BCUT2D eigenvalue weighted by atomic mass is 35.5. The minimum atomic E-state index is -0.472. The molecule has 0 unspecified atom stereocenters. The smallest absolute Gasteiger partial charge is 0.337 e. The Morgan fingerprint density at radius 1 is 1.30 bits per heavy atom. The quantitative estimate of drug-likeness (QED) is 0.571. The average molecular weight is 432 g/mol. The van der Waals surface area contributed by atoms with Gasteiger partial charge in [-0.25, -0.2) is 4.79 Å². The number of aryl methyl sites for hydroxylation is 2. The third-order valence-corrected chi connectivity index (χ3v) is 5.17. The minimum Gasteiger partial charge on any atom is -0.465 e. The van der Waals surface area contributed by atoms with Gasteiger partial charge < -0.3 is 14.6 Å². The molecule has 0 atom stereocenters. The average Bonchev–Trinajstić information content (AvgIpc) is 3.28. The topological polar surface area (TPSA) is 112 Å². The minimum absolute atomic E-state index is 0.134. The fourth-order valence-corrected chi connectivity index (χ4v) is 3.28. The van der Waals surface area contributed by atoms with Crippen molar-refractivity contribution in [2.24, 2.45) is 7.05 Å². The molecule has 2 aromatic heterocycles.